The lowest BCUT2D eigenvalue weighted by molar-refractivity contribution is -0.167. The molecule has 4 saturated carbocycles. The van der Waals surface area contributed by atoms with Crippen molar-refractivity contribution < 1.29 is 9.90 Å². The Morgan fingerprint density at radius 3 is 2.46 bits per heavy atom. The van der Waals surface area contributed by atoms with Crippen LogP contribution in [0.3, 0.4) is 0 Å². The zero-order chi connectivity index (χ0) is 28.2. The number of carbonyl (C=O) groups excluding carboxylic acids is 1. The van der Waals surface area contributed by atoms with Crippen molar-refractivity contribution in [2.45, 2.75) is 123 Å². The second kappa shape index (κ2) is 13.5. The summed E-state index contributed by atoms with van der Waals surface area (Å²) in [6, 6.07) is 0.608. The topological polar surface area (TPSA) is 87.4 Å². The molecule has 0 saturated heterocycles. The van der Waals surface area contributed by atoms with Crippen LogP contribution in [-0.4, -0.2) is 49.2 Å². The number of aliphatic hydroxyl groups excluding tert-OH is 1. The Labute approximate surface area is 239 Å². The van der Waals surface area contributed by atoms with Crippen LogP contribution >= 0.6 is 0 Å². The number of unbranched alkanes of at least 4 members (excludes halogenated alkanes) is 1. The first kappa shape index (κ1) is 31.2. The van der Waals surface area contributed by atoms with Gasteiger partial charge in [0.15, 0.2) is 5.78 Å². The van der Waals surface area contributed by atoms with E-state index in [1.54, 1.807) is 0 Å². The number of aliphatic hydroxyl groups is 1. The zero-order valence-electron chi connectivity index (χ0n) is 25.8. The van der Waals surface area contributed by atoms with E-state index in [0.717, 1.165) is 45.4 Å². The molecular weight excluding hydrogens is 482 g/mol. The highest BCUT2D eigenvalue weighted by Crippen LogP contribution is 2.68. The number of rotatable bonds is 14. The molecule has 0 aliphatic heterocycles. The molecule has 224 valence electrons. The first-order valence-electron chi connectivity index (χ1n) is 16.6. The summed E-state index contributed by atoms with van der Waals surface area (Å²) >= 11 is 0. The number of allylic oxidation sites excluding steroid dienone is 1. The summed E-state index contributed by atoms with van der Waals surface area (Å²) in [7, 11) is 0. The molecule has 0 amide bonds. The lowest BCUT2D eigenvalue weighted by atomic mass is 9.43. The van der Waals surface area contributed by atoms with Gasteiger partial charge in [-0.3, -0.25) is 4.79 Å². The van der Waals surface area contributed by atoms with Gasteiger partial charge >= 0.3 is 0 Å². The maximum atomic E-state index is 12.2. The van der Waals surface area contributed by atoms with Crippen LogP contribution in [0.2, 0.25) is 0 Å². The smallest absolute Gasteiger partial charge is 0.157 e. The molecule has 0 aromatic carbocycles. The van der Waals surface area contributed by atoms with Crippen molar-refractivity contribution in [3.05, 3.63) is 12.2 Å². The highest BCUT2D eigenvalue weighted by Gasteiger charge is 2.62. The molecule has 0 heterocycles. The largest absolute Gasteiger partial charge is 0.393 e. The van der Waals surface area contributed by atoms with Crippen molar-refractivity contribution in [2.24, 2.45) is 52.1 Å². The zero-order valence-corrected chi connectivity index (χ0v) is 25.8. The minimum Gasteiger partial charge on any atom is -0.393 e. The molecule has 5 unspecified atom stereocenters. The Kier molecular flexibility index (Phi) is 10.8. The Morgan fingerprint density at radius 1 is 1.00 bits per heavy atom. The summed E-state index contributed by atoms with van der Waals surface area (Å²) in [5.74, 6) is 3.88. The van der Waals surface area contributed by atoms with Crippen LogP contribution in [0, 0.1) is 46.3 Å². The molecule has 10 atom stereocenters. The van der Waals surface area contributed by atoms with E-state index in [-0.39, 0.29) is 11.9 Å². The molecule has 5 nitrogen and oxygen atoms in total. The van der Waals surface area contributed by atoms with Crippen LogP contribution in [0.25, 0.3) is 0 Å². The summed E-state index contributed by atoms with van der Waals surface area (Å²) in [4.78, 5) is 12.2. The molecule has 0 aromatic rings. The molecule has 0 spiro atoms. The third-order valence-corrected chi connectivity index (χ3v) is 12.5. The van der Waals surface area contributed by atoms with Gasteiger partial charge in [0.05, 0.1) is 6.10 Å². The quantitative estimate of drug-likeness (QED) is 0.163. The number of carbonyl (C=O) groups is 1. The lowest BCUT2D eigenvalue weighted by Gasteiger charge is -2.62. The van der Waals surface area contributed by atoms with Gasteiger partial charge in [0.2, 0.25) is 0 Å². The van der Waals surface area contributed by atoms with Gasteiger partial charge in [0.25, 0.3) is 0 Å². The van der Waals surface area contributed by atoms with Crippen molar-refractivity contribution in [1.82, 2.24) is 10.6 Å². The Balaban J connectivity index is 1.31. The van der Waals surface area contributed by atoms with E-state index >= 15 is 0 Å². The average molecular weight is 544 g/mol. The van der Waals surface area contributed by atoms with Crippen molar-refractivity contribution in [2.75, 3.05) is 26.2 Å². The van der Waals surface area contributed by atoms with E-state index in [9.17, 15) is 9.90 Å². The van der Waals surface area contributed by atoms with Gasteiger partial charge in [-0.25, -0.2) is 0 Å². The number of Topliss-reactive ketones (excluding diaryl/α,β-unsaturated/α-hetero) is 1. The monoisotopic (exact) mass is 543 g/mol. The molecule has 39 heavy (non-hydrogen) atoms. The van der Waals surface area contributed by atoms with Crippen LogP contribution in [0.5, 0.6) is 0 Å². The summed E-state index contributed by atoms with van der Waals surface area (Å²) in [5.41, 5.74) is 6.97. The second-order valence-electron chi connectivity index (χ2n) is 14.8. The Hall–Kier alpha value is -0.750. The highest BCUT2D eigenvalue weighted by molar-refractivity contribution is 5.94. The predicted octanol–water partition coefficient (Wildman–Crippen LogP) is 5.85. The van der Waals surface area contributed by atoms with Crippen LogP contribution < -0.4 is 16.4 Å². The molecule has 4 aliphatic carbocycles. The van der Waals surface area contributed by atoms with Gasteiger partial charge in [0, 0.05) is 12.5 Å². The number of nitrogens with two attached hydrogens (primary N) is 1. The Bertz CT molecular complexity index is 831. The van der Waals surface area contributed by atoms with E-state index in [4.69, 9.17) is 5.73 Å². The number of ketones is 1. The van der Waals surface area contributed by atoms with Gasteiger partial charge in [0.1, 0.15) is 0 Å². The van der Waals surface area contributed by atoms with Crippen molar-refractivity contribution in [3.8, 4) is 0 Å². The lowest BCUT2D eigenvalue weighted by Crippen LogP contribution is -2.59. The van der Waals surface area contributed by atoms with Gasteiger partial charge in [-0.15, -0.1) is 0 Å². The van der Waals surface area contributed by atoms with Crippen LogP contribution in [0.4, 0.5) is 0 Å². The van der Waals surface area contributed by atoms with E-state index < -0.39 is 0 Å². The van der Waals surface area contributed by atoms with E-state index in [1.807, 2.05) is 6.92 Å². The van der Waals surface area contributed by atoms with E-state index in [2.05, 4.69) is 38.0 Å². The number of hydrogen-bond donors (Lipinski definition) is 4. The predicted molar refractivity (Wildman–Crippen MR) is 162 cm³/mol. The van der Waals surface area contributed by atoms with Crippen LogP contribution in [-0.2, 0) is 4.79 Å². The fourth-order valence-corrected chi connectivity index (χ4v) is 10.2. The number of nitrogens with one attached hydrogen (secondary N) is 2. The Morgan fingerprint density at radius 2 is 1.72 bits per heavy atom. The fourth-order valence-electron chi connectivity index (χ4n) is 10.2. The van der Waals surface area contributed by atoms with Crippen molar-refractivity contribution >= 4 is 5.78 Å². The third-order valence-electron chi connectivity index (χ3n) is 12.5. The first-order chi connectivity index (χ1) is 18.6. The van der Waals surface area contributed by atoms with Crippen molar-refractivity contribution in [3.63, 3.8) is 0 Å². The minimum atomic E-state index is -0.145. The second-order valence-corrected chi connectivity index (χ2v) is 14.8. The van der Waals surface area contributed by atoms with E-state index in [1.165, 1.54) is 57.8 Å². The van der Waals surface area contributed by atoms with Gasteiger partial charge in [-0.2, -0.15) is 0 Å². The first-order valence-corrected chi connectivity index (χ1v) is 16.6. The van der Waals surface area contributed by atoms with Gasteiger partial charge in [-0.1, -0.05) is 27.4 Å². The average Bonchev–Trinajstić information content (AvgIpc) is 3.26. The van der Waals surface area contributed by atoms with Crippen LogP contribution in [0.15, 0.2) is 12.2 Å². The summed E-state index contributed by atoms with van der Waals surface area (Å²) in [5, 5.41) is 19.1. The highest BCUT2D eigenvalue weighted by atomic mass is 16.3. The molecule has 5 N–H and O–H groups in total. The summed E-state index contributed by atoms with van der Waals surface area (Å²) < 4.78 is 0. The molecule has 0 bridgehead atoms. The summed E-state index contributed by atoms with van der Waals surface area (Å²) in [6.07, 6.45) is 14.9. The molecular formula is C34H61N3O2. The van der Waals surface area contributed by atoms with Gasteiger partial charge in [-0.05, 0) is 162 Å². The maximum absolute atomic E-state index is 12.2. The molecule has 4 rings (SSSR count). The molecule has 4 aliphatic rings. The SMILES string of the molecule is C=C(C)C(=O)CCC(C)C1CCC2C3C(CC[C@]12C)[C@@]1(C)CC[C@H](NCCCNCCCCN)C[C@@H]1C[C@H]3O. The van der Waals surface area contributed by atoms with Crippen LogP contribution in [0.1, 0.15) is 111 Å². The maximum Gasteiger partial charge on any atom is 0.157 e. The normalized spacial score (nSPS) is 40.4. The molecule has 5 heteroatoms. The molecule has 0 aromatic heterocycles. The van der Waals surface area contributed by atoms with Gasteiger partial charge < -0.3 is 21.5 Å². The fraction of sp³-hybridized carbons (Fsp3) is 0.912. The number of fused-ring (bicyclic) bond motifs is 5. The summed E-state index contributed by atoms with van der Waals surface area (Å²) in [6.45, 7) is 17.3. The van der Waals surface area contributed by atoms with Crippen molar-refractivity contribution in [1.29, 1.82) is 0 Å². The molecule has 4 fully saturated rings. The minimum absolute atomic E-state index is 0.145. The third kappa shape index (κ3) is 6.68. The molecule has 0 radical (unpaired) electrons. The number of hydrogen-bond acceptors (Lipinski definition) is 5. The standard InChI is InChI=1S/C34H61N3O2/c1-23(2)30(38)12-9-24(3)27-10-11-28-32-29(14-16-34(27,28)5)33(4)15-13-26(21-25(33)22-31(32)39)37-20-8-19-36-18-7-6-17-35/h24-29,31-32,36-37,39H,1,6-22,35H2,2-5H3/t24?,25-,26+,27?,28?,29?,31-,32?,33+,34-/m1/s1. The van der Waals surface area contributed by atoms with E-state index in [0.29, 0.717) is 64.4 Å².